The van der Waals surface area contributed by atoms with Crippen LogP contribution < -0.4 is 10.6 Å². The van der Waals surface area contributed by atoms with Crippen LogP contribution in [0.15, 0.2) is 10.8 Å². The number of hydrogen-bond donors (Lipinski definition) is 2. The molecule has 0 aromatic carbocycles. The molecular formula is C11H16BrClN4O. The Morgan fingerprint density at radius 2 is 2.22 bits per heavy atom. The van der Waals surface area contributed by atoms with Gasteiger partial charge in [0.25, 0.3) is 0 Å². The second-order valence-electron chi connectivity index (χ2n) is 4.20. The smallest absolute Gasteiger partial charge is 0.221 e. The lowest BCUT2D eigenvalue weighted by Gasteiger charge is -2.09. The number of amides is 1. The second kappa shape index (κ2) is 7.53. The van der Waals surface area contributed by atoms with Crippen LogP contribution in [-0.4, -0.2) is 29.0 Å². The Hall–Kier alpha value is -0.880. The normalized spacial score (nSPS) is 10.5. The molecular weight excluding hydrogens is 320 g/mol. The molecule has 5 nitrogen and oxygen atoms in total. The van der Waals surface area contributed by atoms with E-state index in [0.29, 0.717) is 40.9 Å². The molecule has 1 aromatic rings. The molecule has 1 heterocycles. The van der Waals surface area contributed by atoms with Crippen LogP contribution in [0, 0.1) is 5.92 Å². The summed E-state index contributed by atoms with van der Waals surface area (Å²) in [5.74, 6) is 1.07. The zero-order chi connectivity index (χ0) is 13.5. The average molecular weight is 336 g/mol. The van der Waals surface area contributed by atoms with Crippen molar-refractivity contribution in [3.05, 3.63) is 16.0 Å². The summed E-state index contributed by atoms with van der Waals surface area (Å²) in [5.41, 5.74) is 0. The van der Waals surface area contributed by atoms with Gasteiger partial charge in [-0.05, 0) is 21.8 Å². The minimum atomic E-state index is 0.0208. The van der Waals surface area contributed by atoms with Gasteiger partial charge in [-0.1, -0.05) is 25.4 Å². The maximum Gasteiger partial charge on any atom is 0.221 e. The molecule has 1 aromatic heterocycles. The third-order valence-electron chi connectivity index (χ3n) is 2.10. The molecule has 0 bridgehead atoms. The van der Waals surface area contributed by atoms with Gasteiger partial charge in [-0.2, -0.15) is 0 Å². The summed E-state index contributed by atoms with van der Waals surface area (Å²) in [6.45, 7) is 5.30. The predicted octanol–water partition coefficient (Wildman–Crippen LogP) is 2.47. The number of carbonyl (C=O) groups is 1. The second-order valence-corrected chi connectivity index (χ2v) is 5.35. The largest absolute Gasteiger partial charge is 0.368 e. The van der Waals surface area contributed by atoms with Gasteiger partial charge in [0, 0.05) is 19.5 Å². The standard InChI is InChI=1S/C11H16BrClN4O/c1-7(2)5-15-8(18)3-4-14-11-9(12)10(13)16-6-17-11/h6-7H,3-5H2,1-2H3,(H,15,18)(H,14,16,17). The van der Waals surface area contributed by atoms with E-state index in [9.17, 15) is 4.79 Å². The van der Waals surface area contributed by atoms with Gasteiger partial charge in [0.05, 0.1) is 4.47 Å². The van der Waals surface area contributed by atoms with Crippen molar-refractivity contribution < 1.29 is 4.79 Å². The van der Waals surface area contributed by atoms with Crippen LogP contribution in [0.2, 0.25) is 5.15 Å². The zero-order valence-corrected chi connectivity index (χ0v) is 12.7. The molecule has 0 saturated carbocycles. The molecule has 0 radical (unpaired) electrons. The monoisotopic (exact) mass is 334 g/mol. The molecule has 100 valence electrons. The van der Waals surface area contributed by atoms with Crippen molar-refractivity contribution in [3.8, 4) is 0 Å². The number of hydrogen-bond acceptors (Lipinski definition) is 4. The fourth-order valence-corrected chi connectivity index (χ4v) is 1.65. The summed E-state index contributed by atoms with van der Waals surface area (Å²) < 4.78 is 0.606. The first-order valence-electron chi connectivity index (χ1n) is 5.67. The van der Waals surface area contributed by atoms with E-state index in [-0.39, 0.29) is 5.91 Å². The van der Waals surface area contributed by atoms with Gasteiger partial charge in [0.2, 0.25) is 5.91 Å². The topological polar surface area (TPSA) is 66.9 Å². The SMILES string of the molecule is CC(C)CNC(=O)CCNc1ncnc(Cl)c1Br. The summed E-state index contributed by atoms with van der Waals surface area (Å²) in [4.78, 5) is 19.3. The third-order valence-corrected chi connectivity index (χ3v) is 3.36. The van der Waals surface area contributed by atoms with E-state index >= 15 is 0 Å². The number of aromatic nitrogens is 2. The van der Waals surface area contributed by atoms with Gasteiger partial charge >= 0.3 is 0 Å². The molecule has 1 rings (SSSR count). The highest BCUT2D eigenvalue weighted by Crippen LogP contribution is 2.25. The van der Waals surface area contributed by atoms with Crippen LogP contribution in [0.4, 0.5) is 5.82 Å². The summed E-state index contributed by atoms with van der Waals surface area (Å²) in [6.07, 6.45) is 1.76. The molecule has 0 aliphatic heterocycles. The van der Waals surface area contributed by atoms with Crippen LogP contribution >= 0.6 is 27.5 Å². The Bertz CT molecular complexity index is 414. The Kier molecular flexibility index (Phi) is 6.35. The van der Waals surface area contributed by atoms with E-state index in [1.807, 2.05) is 0 Å². The van der Waals surface area contributed by atoms with Crippen molar-refractivity contribution in [1.29, 1.82) is 0 Å². The number of rotatable bonds is 6. The molecule has 0 atom stereocenters. The van der Waals surface area contributed by atoms with Gasteiger partial charge in [-0.25, -0.2) is 9.97 Å². The highest BCUT2D eigenvalue weighted by atomic mass is 79.9. The molecule has 2 N–H and O–H groups in total. The summed E-state index contributed by atoms with van der Waals surface area (Å²) in [6, 6.07) is 0. The summed E-state index contributed by atoms with van der Waals surface area (Å²) >= 11 is 9.10. The van der Waals surface area contributed by atoms with E-state index in [1.54, 1.807) is 0 Å². The quantitative estimate of drug-likeness (QED) is 0.784. The molecule has 0 aliphatic carbocycles. The van der Waals surface area contributed by atoms with Crippen LogP contribution in [0.5, 0.6) is 0 Å². The maximum atomic E-state index is 11.5. The average Bonchev–Trinajstić information content (AvgIpc) is 2.32. The van der Waals surface area contributed by atoms with Gasteiger partial charge in [0.15, 0.2) is 0 Å². The lowest BCUT2D eigenvalue weighted by Crippen LogP contribution is -2.28. The fourth-order valence-electron chi connectivity index (χ4n) is 1.17. The number of carbonyl (C=O) groups excluding carboxylic acids is 1. The van der Waals surface area contributed by atoms with E-state index in [2.05, 4.69) is 50.4 Å². The summed E-state index contributed by atoms with van der Waals surface area (Å²) in [7, 11) is 0. The van der Waals surface area contributed by atoms with E-state index < -0.39 is 0 Å². The van der Waals surface area contributed by atoms with Crippen molar-refractivity contribution in [2.75, 3.05) is 18.4 Å². The van der Waals surface area contributed by atoms with Gasteiger partial charge in [-0.15, -0.1) is 0 Å². The Labute approximate surface area is 120 Å². The van der Waals surface area contributed by atoms with E-state index in [4.69, 9.17) is 11.6 Å². The minimum absolute atomic E-state index is 0.0208. The first-order chi connectivity index (χ1) is 8.50. The highest BCUT2D eigenvalue weighted by molar-refractivity contribution is 9.10. The van der Waals surface area contributed by atoms with Crippen molar-refractivity contribution >= 4 is 39.3 Å². The van der Waals surface area contributed by atoms with Gasteiger partial charge in [0.1, 0.15) is 17.3 Å². The molecule has 1 amide bonds. The third kappa shape index (κ3) is 5.18. The molecule has 0 aliphatic rings. The fraction of sp³-hybridized carbons (Fsp3) is 0.545. The molecule has 0 fully saturated rings. The Balaban J connectivity index is 2.33. The minimum Gasteiger partial charge on any atom is -0.368 e. The van der Waals surface area contributed by atoms with Crippen molar-refractivity contribution in [3.63, 3.8) is 0 Å². The van der Waals surface area contributed by atoms with Crippen LogP contribution in [0.3, 0.4) is 0 Å². The predicted molar refractivity (Wildman–Crippen MR) is 75.7 cm³/mol. The molecule has 0 saturated heterocycles. The van der Waals surface area contributed by atoms with Crippen molar-refractivity contribution in [2.45, 2.75) is 20.3 Å². The number of nitrogens with zero attached hydrogens (tertiary/aromatic N) is 2. The van der Waals surface area contributed by atoms with E-state index in [0.717, 1.165) is 0 Å². The highest BCUT2D eigenvalue weighted by Gasteiger charge is 2.07. The lowest BCUT2D eigenvalue weighted by molar-refractivity contribution is -0.120. The number of nitrogens with one attached hydrogen (secondary N) is 2. The molecule has 0 unspecified atom stereocenters. The molecule has 0 spiro atoms. The van der Waals surface area contributed by atoms with Gasteiger partial charge in [-0.3, -0.25) is 4.79 Å². The first-order valence-corrected chi connectivity index (χ1v) is 6.84. The van der Waals surface area contributed by atoms with Crippen LogP contribution in [-0.2, 0) is 4.79 Å². The Morgan fingerprint density at radius 3 is 2.89 bits per heavy atom. The maximum absolute atomic E-state index is 11.5. The molecule has 18 heavy (non-hydrogen) atoms. The Morgan fingerprint density at radius 1 is 1.50 bits per heavy atom. The molecule has 7 heteroatoms. The van der Waals surface area contributed by atoms with Crippen LogP contribution in [0.25, 0.3) is 0 Å². The van der Waals surface area contributed by atoms with Gasteiger partial charge < -0.3 is 10.6 Å². The first kappa shape index (κ1) is 15.2. The lowest BCUT2D eigenvalue weighted by atomic mass is 10.2. The van der Waals surface area contributed by atoms with Crippen LogP contribution in [0.1, 0.15) is 20.3 Å². The number of halogens is 2. The van der Waals surface area contributed by atoms with Crippen molar-refractivity contribution in [2.24, 2.45) is 5.92 Å². The zero-order valence-electron chi connectivity index (χ0n) is 10.3. The van der Waals surface area contributed by atoms with E-state index in [1.165, 1.54) is 6.33 Å². The summed E-state index contributed by atoms with van der Waals surface area (Å²) in [5, 5.41) is 6.22. The number of anilines is 1. The van der Waals surface area contributed by atoms with Crippen molar-refractivity contribution in [1.82, 2.24) is 15.3 Å².